The highest BCUT2D eigenvalue weighted by atomic mass is 79.9. The summed E-state index contributed by atoms with van der Waals surface area (Å²) < 4.78 is 5.81. The predicted molar refractivity (Wildman–Crippen MR) is 65.0 cm³/mol. The fraction of sp³-hybridized carbons (Fsp3) is 0.800. The fourth-order valence-corrected chi connectivity index (χ4v) is 2.54. The first-order valence-electron chi connectivity index (χ1n) is 4.62. The van der Waals surface area contributed by atoms with Gasteiger partial charge in [0, 0.05) is 4.83 Å². The molecule has 1 heterocycles. The Morgan fingerprint density at radius 3 is 2.50 bits per heavy atom. The van der Waals surface area contributed by atoms with Crippen molar-refractivity contribution >= 4 is 31.9 Å². The van der Waals surface area contributed by atoms with Crippen LogP contribution in [0.1, 0.15) is 27.2 Å². The summed E-state index contributed by atoms with van der Waals surface area (Å²) in [4.78, 5) is 1.96. The number of hydrogen-bond acceptors (Lipinski definition) is 2. The molecule has 1 fully saturated rings. The second kappa shape index (κ2) is 4.24. The third-order valence-corrected chi connectivity index (χ3v) is 4.41. The summed E-state index contributed by atoms with van der Waals surface area (Å²) in [5.41, 5.74) is -1.13. The van der Waals surface area contributed by atoms with Crippen LogP contribution in [-0.4, -0.2) is 27.2 Å². The minimum Gasteiger partial charge on any atom is -0.383 e. The van der Waals surface area contributed by atoms with Gasteiger partial charge in [-0.1, -0.05) is 31.9 Å². The van der Waals surface area contributed by atoms with Crippen LogP contribution in [0.2, 0.25) is 0 Å². The van der Waals surface area contributed by atoms with E-state index < -0.39 is 5.60 Å². The Labute approximate surface area is 102 Å². The van der Waals surface area contributed by atoms with E-state index in [0.29, 0.717) is 0 Å². The average Bonchev–Trinajstić information content (AvgIpc) is 2.27. The maximum Gasteiger partial charge on any atom is 0.107 e. The lowest BCUT2D eigenvalue weighted by molar-refractivity contribution is -0.0951. The number of hydrogen-bond donors (Lipinski definition) is 1. The molecule has 0 bridgehead atoms. The van der Waals surface area contributed by atoms with Crippen LogP contribution in [0.4, 0.5) is 0 Å². The van der Waals surface area contributed by atoms with Crippen LogP contribution in [0.5, 0.6) is 0 Å². The minimum atomic E-state index is -0.913. The Morgan fingerprint density at radius 2 is 2.14 bits per heavy atom. The number of aliphatic hydroxyl groups is 1. The van der Waals surface area contributed by atoms with Crippen molar-refractivity contribution in [3.63, 3.8) is 0 Å². The van der Waals surface area contributed by atoms with E-state index in [2.05, 4.69) is 31.9 Å². The molecule has 1 aliphatic rings. The normalized spacial score (nSPS) is 36.1. The van der Waals surface area contributed by atoms with Gasteiger partial charge in [-0.3, -0.25) is 0 Å². The first-order valence-corrected chi connectivity index (χ1v) is 6.45. The van der Waals surface area contributed by atoms with Crippen LogP contribution in [-0.2, 0) is 4.74 Å². The van der Waals surface area contributed by atoms with Gasteiger partial charge in [-0.25, -0.2) is 0 Å². The van der Waals surface area contributed by atoms with Gasteiger partial charge in [0.1, 0.15) is 5.60 Å². The molecule has 0 amide bonds. The van der Waals surface area contributed by atoms with Crippen molar-refractivity contribution in [2.24, 2.45) is 0 Å². The Kier molecular flexibility index (Phi) is 3.84. The zero-order valence-electron chi connectivity index (χ0n) is 8.63. The highest BCUT2D eigenvalue weighted by Crippen LogP contribution is 2.39. The maximum absolute atomic E-state index is 10.1. The molecule has 0 spiro atoms. The first kappa shape index (κ1) is 12.7. The van der Waals surface area contributed by atoms with Gasteiger partial charge in [-0.2, -0.15) is 0 Å². The van der Waals surface area contributed by atoms with Crippen LogP contribution in [0.3, 0.4) is 0 Å². The molecular formula is C10H16Br2O2. The summed E-state index contributed by atoms with van der Waals surface area (Å²) >= 11 is 6.74. The van der Waals surface area contributed by atoms with Crippen LogP contribution in [0, 0.1) is 0 Å². The second-order valence-corrected chi connectivity index (χ2v) is 6.07. The smallest absolute Gasteiger partial charge is 0.107 e. The van der Waals surface area contributed by atoms with Gasteiger partial charge >= 0.3 is 0 Å². The molecule has 3 atom stereocenters. The predicted octanol–water partition coefficient (Wildman–Crippen LogP) is 2.98. The van der Waals surface area contributed by atoms with Gasteiger partial charge in [-0.15, -0.1) is 0 Å². The molecule has 1 aliphatic heterocycles. The topological polar surface area (TPSA) is 29.5 Å². The molecule has 82 valence electrons. The third-order valence-electron chi connectivity index (χ3n) is 2.67. The molecule has 0 saturated carbocycles. The van der Waals surface area contributed by atoms with E-state index in [1.165, 1.54) is 0 Å². The molecule has 4 heteroatoms. The number of alkyl halides is 1. The number of ether oxygens (including phenoxy) is 1. The Bertz CT molecular complexity index is 236. The van der Waals surface area contributed by atoms with Crippen molar-refractivity contribution in [1.29, 1.82) is 0 Å². The van der Waals surface area contributed by atoms with Gasteiger partial charge in [0.25, 0.3) is 0 Å². The summed E-state index contributed by atoms with van der Waals surface area (Å²) in [6.07, 6.45) is 2.37. The molecule has 1 saturated heterocycles. The van der Waals surface area contributed by atoms with Crippen LogP contribution in [0.15, 0.2) is 11.1 Å². The molecule has 0 aliphatic carbocycles. The van der Waals surface area contributed by atoms with Crippen molar-refractivity contribution in [1.82, 2.24) is 0 Å². The number of halogens is 2. The largest absolute Gasteiger partial charge is 0.383 e. The van der Waals surface area contributed by atoms with Crippen molar-refractivity contribution in [2.75, 3.05) is 0 Å². The quantitative estimate of drug-likeness (QED) is 0.790. The zero-order chi connectivity index (χ0) is 11.0. The Balaban J connectivity index is 2.75. The molecule has 0 aromatic heterocycles. The lowest BCUT2D eigenvalue weighted by Gasteiger charge is -2.28. The first-order chi connectivity index (χ1) is 6.29. The van der Waals surface area contributed by atoms with E-state index >= 15 is 0 Å². The van der Waals surface area contributed by atoms with Gasteiger partial charge in [0.2, 0.25) is 0 Å². The minimum absolute atomic E-state index is 0.157. The lowest BCUT2D eigenvalue weighted by atomic mass is 9.96. The molecule has 1 rings (SSSR count). The molecule has 0 aromatic carbocycles. The Morgan fingerprint density at radius 1 is 1.57 bits per heavy atom. The van der Waals surface area contributed by atoms with Crippen LogP contribution in [0.25, 0.3) is 0 Å². The average molecular weight is 328 g/mol. The molecular weight excluding hydrogens is 312 g/mol. The summed E-state index contributed by atoms with van der Waals surface area (Å²) in [7, 11) is 0. The summed E-state index contributed by atoms with van der Waals surface area (Å²) in [6, 6.07) is 0. The van der Waals surface area contributed by atoms with Crippen molar-refractivity contribution in [3.8, 4) is 0 Å². The Hall–Kier alpha value is 0.620. The van der Waals surface area contributed by atoms with Crippen molar-refractivity contribution < 1.29 is 9.84 Å². The number of rotatable bonds is 2. The summed E-state index contributed by atoms with van der Waals surface area (Å²) in [5.74, 6) is 0. The second-order valence-electron chi connectivity index (χ2n) is 4.43. The van der Waals surface area contributed by atoms with E-state index in [4.69, 9.17) is 4.74 Å². The van der Waals surface area contributed by atoms with Crippen molar-refractivity contribution in [2.45, 2.75) is 49.3 Å². The molecule has 0 radical (unpaired) electrons. The maximum atomic E-state index is 10.1. The summed E-state index contributed by atoms with van der Waals surface area (Å²) in [5, 5.41) is 10.1. The highest BCUT2D eigenvalue weighted by Gasteiger charge is 2.46. The van der Waals surface area contributed by atoms with Crippen molar-refractivity contribution in [3.05, 3.63) is 11.1 Å². The van der Waals surface area contributed by atoms with E-state index in [0.717, 1.165) is 6.42 Å². The van der Waals surface area contributed by atoms with E-state index in [1.807, 2.05) is 13.8 Å². The van der Waals surface area contributed by atoms with E-state index in [-0.39, 0.29) is 16.5 Å². The lowest BCUT2D eigenvalue weighted by Crippen LogP contribution is -2.38. The van der Waals surface area contributed by atoms with E-state index in [9.17, 15) is 5.11 Å². The van der Waals surface area contributed by atoms with Crippen LogP contribution >= 0.6 is 31.9 Å². The summed E-state index contributed by atoms with van der Waals surface area (Å²) in [6.45, 7) is 5.82. The van der Waals surface area contributed by atoms with Gasteiger partial charge in [0.15, 0.2) is 0 Å². The molecule has 1 N–H and O–H groups in total. The SMILES string of the molecule is CC(O)(C=CBr)C1CC(Br)C(C)(C)O1. The molecule has 0 aromatic rings. The van der Waals surface area contributed by atoms with Crippen LogP contribution < -0.4 is 0 Å². The van der Waals surface area contributed by atoms with Gasteiger partial charge in [0.05, 0.1) is 11.7 Å². The van der Waals surface area contributed by atoms with Gasteiger partial charge in [-0.05, 0) is 38.3 Å². The monoisotopic (exact) mass is 326 g/mol. The molecule has 14 heavy (non-hydrogen) atoms. The molecule has 3 unspecified atom stereocenters. The zero-order valence-corrected chi connectivity index (χ0v) is 11.8. The fourth-order valence-electron chi connectivity index (χ4n) is 1.55. The molecule has 2 nitrogen and oxygen atoms in total. The standard InChI is InChI=1S/C10H16Br2O2/c1-9(2)7(12)6-8(14-9)10(3,13)4-5-11/h4-5,7-8,13H,6H2,1-3H3. The highest BCUT2D eigenvalue weighted by molar-refractivity contribution is 9.11. The third kappa shape index (κ3) is 2.60. The van der Waals surface area contributed by atoms with E-state index in [1.54, 1.807) is 18.0 Å². The van der Waals surface area contributed by atoms with Gasteiger partial charge < -0.3 is 9.84 Å².